The van der Waals surface area contributed by atoms with Gasteiger partial charge in [0, 0.05) is 19.3 Å². The molecule has 5 atom stereocenters. The second-order valence-corrected chi connectivity index (χ2v) is 26.9. The van der Waals surface area contributed by atoms with Crippen LogP contribution in [0.2, 0.25) is 0 Å². The second-order valence-electron chi connectivity index (χ2n) is 24.0. The summed E-state index contributed by atoms with van der Waals surface area (Å²) in [5.74, 6) is -1.56. The molecule has 0 heterocycles. The van der Waals surface area contributed by atoms with Gasteiger partial charge in [0.05, 0.1) is 26.4 Å². The number of phosphoric acid groups is 2. The van der Waals surface area contributed by atoms with Gasteiger partial charge >= 0.3 is 33.6 Å². The topological polar surface area (TPSA) is 231 Å². The van der Waals surface area contributed by atoms with Crippen LogP contribution in [-0.2, 0) is 55.8 Å². The first kappa shape index (κ1) is 86.2. The van der Waals surface area contributed by atoms with Crippen LogP contribution in [-0.4, -0.2) is 95.9 Å². The molecule has 0 aromatic carbocycles. The molecule has 0 saturated carbocycles. The van der Waals surface area contributed by atoms with Crippen molar-refractivity contribution in [3.05, 3.63) is 60.8 Å². The highest BCUT2D eigenvalue weighted by atomic mass is 31.2. The molecule has 0 saturated heterocycles. The number of phosphoric ester groups is 2. The van der Waals surface area contributed by atoms with E-state index in [1.807, 2.05) is 0 Å². The Morgan fingerprint density at radius 2 is 0.596 bits per heavy atom. The molecule has 0 aromatic heterocycles. The van der Waals surface area contributed by atoms with Crippen molar-refractivity contribution in [1.82, 2.24) is 0 Å². The zero-order valence-electron chi connectivity index (χ0n) is 56.4. The first-order chi connectivity index (χ1) is 43.2. The van der Waals surface area contributed by atoms with E-state index in [4.69, 9.17) is 32.3 Å². The molecule has 0 bridgehead atoms. The molecule has 89 heavy (non-hydrogen) atoms. The molecule has 0 aliphatic carbocycles. The van der Waals surface area contributed by atoms with Crippen LogP contribution in [0.5, 0.6) is 0 Å². The van der Waals surface area contributed by atoms with Gasteiger partial charge in [0.2, 0.25) is 0 Å². The van der Waals surface area contributed by atoms with Gasteiger partial charge in [-0.1, -0.05) is 293 Å². The Bertz CT molecular complexity index is 1870. The minimum atomic E-state index is -4.91. The van der Waals surface area contributed by atoms with E-state index in [9.17, 15) is 43.5 Å². The molecule has 0 aliphatic heterocycles. The van der Waals surface area contributed by atoms with E-state index in [2.05, 4.69) is 81.5 Å². The summed E-state index contributed by atoms with van der Waals surface area (Å²) in [5, 5.41) is 20.5. The summed E-state index contributed by atoms with van der Waals surface area (Å²) < 4.78 is 60.9. The van der Waals surface area contributed by atoms with Crippen LogP contribution in [0, 0.1) is 0 Å². The SMILES string of the molecule is CC/C=C\C/C=C\C/C=C\C/C=C\C/C=C\CCCCCCCCCCCCCC(=O)OCC(O)COP(=O)(O)OCC(O)COP(=O)(O)OCC(COC(=O)CCCCCCCCCCCCCCCCC)OC(=O)CCCCCCCCCCCCC. The third kappa shape index (κ3) is 66.5. The van der Waals surface area contributed by atoms with Crippen LogP contribution in [0.4, 0.5) is 0 Å². The molecule has 18 heteroatoms. The Hall–Kier alpha value is -2.75. The number of carbonyl (C=O) groups excluding carboxylic acids is 3. The average molecular weight is 1300 g/mol. The van der Waals surface area contributed by atoms with Gasteiger partial charge in [0.1, 0.15) is 25.4 Å². The van der Waals surface area contributed by atoms with Crippen molar-refractivity contribution >= 4 is 33.6 Å². The Labute approximate surface area is 541 Å². The number of aliphatic hydroxyl groups excluding tert-OH is 2. The van der Waals surface area contributed by atoms with E-state index >= 15 is 0 Å². The highest BCUT2D eigenvalue weighted by Gasteiger charge is 2.29. The molecule has 0 radical (unpaired) electrons. The molecule has 520 valence electrons. The van der Waals surface area contributed by atoms with Crippen molar-refractivity contribution in [3.63, 3.8) is 0 Å². The standard InChI is InChI=1S/C71H130O16P2/c1-4-7-10-13-16-19-22-24-26-27-28-29-30-31-32-33-34-35-36-37-39-41-43-45-48-51-54-57-69(74)81-60-66(72)61-83-88(77,78)84-62-67(73)63-85-89(79,80)86-65-68(87-71(76)59-56-53-50-47-42-21-18-15-12-9-6-3)64-82-70(75)58-55-52-49-46-44-40-38-25-23-20-17-14-11-8-5-2/h7,10,16,19,24,26,28-29,31-32,66-68,72-73H,4-6,8-9,11-15,17-18,20-23,25,27,30,33-65H2,1-3H3,(H,77,78)(H,79,80)/b10-7-,19-16-,26-24-,29-28-,32-31-. The Kier molecular flexibility index (Phi) is 63.3. The van der Waals surface area contributed by atoms with Crippen molar-refractivity contribution in [2.45, 2.75) is 334 Å². The molecule has 0 aromatic rings. The van der Waals surface area contributed by atoms with Gasteiger partial charge in [0.25, 0.3) is 0 Å². The highest BCUT2D eigenvalue weighted by molar-refractivity contribution is 7.47. The lowest BCUT2D eigenvalue weighted by molar-refractivity contribution is -0.161. The van der Waals surface area contributed by atoms with Crippen molar-refractivity contribution < 1.29 is 75.8 Å². The lowest BCUT2D eigenvalue weighted by atomic mass is 10.0. The maximum absolute atomic E-state index is 12.9. The molecule has 0 fully saturated rings. The first-order valence-electron chi connectivity index (χ1n) is 35.6. The number of hydrogen-bond acceptors (Lipinski definition) is 14. The number of unbranched alkanes of at least 4 members (excludes halogenated alkanes) is 35. The van der Waals surface area contributed by atoms with Gasteiger partial charge < -0.3 is 34.2 Å². The van der Waals surface area contributed by atoms with Gasteiger partial charge in [-0.15, -0.1) is 0 Å². The number of allylic oxidation sites excluding steroid dienone is 10. The van der Waals surface area contributed by atoms with Crippen LogP contribution >= 0.6 is 15.6 Å². The zero-order valence-corrected chi connectivity index (χ0v) is 58.1. The Morgan fingerprint density at radius 1 is 0.326 bits per heavy atom. The molecular weight excluding hydrogens is 1170 g/mol. The lowest BCUT2D eigenvalue weighted by Crippen LogP contribution is -2.30. The smallest absolute Gasteiger partial charge is 0.463 e. The van der Waals surface area contributed by atoms with E-state index in [1.165, 1.54) is 154 Å². The van der Waals surface area contributed by atoms with Crippen molar-refractivity contribution in [1.29, 1.82) is 0 Å². The number of carbonyl (C=O) groups is 3. The summed E-state index contributed by atoms with van der Waals surface area (Å²) in [6.07, 6.45) is 67.1. The van der Waals surface area contributed by atoms with Crippen LogP contribution in [0.25, 0.3) is 0 Å². The molecular formula is C71H130O16P2. The summed E-state index contributed by atoms with van der Waals surface area (Å²) in [5.41, 5.74) is 0. The summed E-state index contributed by atoms with van der Waals surface area (Å²) in [6, 6.07) is 0. The van der Waals surface area contributed by atoms with Crippen LogP contribution < -0.4 is 0 Å². The summed E-state index contributed by atoms with van der Waals surface area (Å²) in [7, 11) is -9.75. The van der Waals surface area contributed by atoms with E-state index in [0.717, 1.165) is 103 Å². The van der Waals surface area contributed by atoms with E-state index in [0.29, 0.717) is 19.3 Å². The first-order valence-corrected chi connectivity index (χ1v) is 38.6. The number of esters is 3. The summed E-state index contributed by atoms with van der Waals surface area (Å²) in [4.78, 5) is 58.3. The molecule has 0 aliphatic rings. The third-order valence-corrected chi connectivity index (χ3v) is 17.2. The van der Waals surface area contributed by atoms with E-state index in [-0.39, 0.29) is 19.3 Å². The van der Waals surface area contributed by atoms with Gasteiger partial charge in [0.15, 0.2) is 6.10 Å². The van der Waals surface area contributed by atoms with Crippen molar-refractivity contribution in [3.8, 4) is 0 Å². The van der Waals surface area contributed by atoms with Gasteiger partial charge in [-0.3, -0.25) is 32.5 Å². The van der Waals surface area contributed by atoms with E-state index in [1.54, 1.807) is 0 Å². The third-order valence-electron chi connectivity index (χ3n) is 15.3. The van der Waals surface area contributed by atoms with Crippen LogP contribution in [0.15, 0.2) is 60.8 Å². The second kappa shape index (κ2) is 65.3. The molecule has 0 rings (SSSR count). The molecule has 5 unspecified atom stereocenters. The predicted octanol–water partition coefficient (Wildman–Crippen LogP) is 19.8. The van der Waals surface area contributed by atoms with E-state index < -0.39 is 91.5 Å². The van der Waals surface area contributed by atoms with Crippen LogP contribution in [0.3, 0.4) is 0 Å². The lowest BCUT2D eigenvalue weighted by Gasteiger charge is -2.21. The maximum Gasteiger partial charge on any atom is 0.472 e. The summed E-state index contributed by atoms with van der Waals surface area (Å²) >= 11 is 0. The van der Waals surface area contributed by atoms with Gasteiger partial charge in [-0.05, 0) is 64.2 Å². The normalized spacial score (nSPS) is 14.6. The zero-order chi connectivity index (χ0) is 65.3. The Morgan fingerprint density at radius 3 is 0.944 bits per heavy atom. The quantitative estimate of drug-likeness (QED) is 0.0146. The average Bonchev–Trinajstić information content (AvgIpc) is 3.56. The van der Waals surface area contributed by atoms with Crippen molar-refractivity contribution in [2.75, 3.05) is 39.6 Å². The Balaban J connectivity index is 4.42. The minimum absolute atomic E-state index is 0.112. The fraction of sp³-hybridized carbons (Fsp3) is 0.817. The molecule has 4 N–H and O–H groups in total. The van der Waals surface area contributed by atoms with Gasteiger partial charge in [-0.2, -0.15) is 0 Å². The molecule has 0 amide bonds. The number of rotatable bonds is 68. The van der Waals surface area contributed by atoms with Crippen LogP contribution in [0.1, 0.15) is 316 Å². The molecule has 16 nitrogen and oxygen atoms in total. The molecule has 0 spiro atoms. The van der Waals surface area contributed by atoms with Crippen molar-refractivity contribution in [2.24, 2.45) is 0 Å². The largest absolute Gasteiger partial charge is 0.472 e. The predicted molar refractivity (Wildman–Crippen MR) is 362 cm³/mol. The summed E-state index contributed by atoms with van der Waals surface area (Å²) in [6.45, 7) is 2.59. The highest BCUT2D eigenvalue weighted by Crippen LogP contribution is 2.45. The maximum atomic E-state index is 12.9. The number of hydrogen-bond donors (Lipinski definition) is 4. The number of aliphatic hydroxyl groups is 2. The minimum Gasteiger partial charge on any atom is -0.463 e. The fourth-order valence-electron chi connectivity index (χ4n) is 9.83. The monoisotopic (exact) mass is 1300 g/mol. The number of ether oxygens (including phenoxy) is 3. The fourth-order valence-corrected chi connectivity index (χ4v) is 11.4. The van der Waals surface area contributed by atoms with Gasteiger partial charge in [-0.25, -0.2) is 9.13 Å².